The third-order valence-electron chi connectivity index (χ3n) is 6.15. The lowest BCUT2D eigenvalue weighted by molar-refractivity contribution is 0.208. The summed E-state index contributed by atoms with van der Waals surface area (Å²) in [5.74, 6) is -0.181. The zero-order valence-corrected chi connectivity index (χ0v) is 18.8. The van der Waals surface area contributed by atoms with Gasteiger partial charge in [-0.15, -0.1) is 0 Å². The van der Waals surface area contributed by atoms with Crippen molar-refractivity contribution in [3.8, 4) is 16.9 Å². The van der Waals surface area contributed by atoms with Crippen molar-refractivity contribution in [3.05, 3.63) is 78.1 Å². The van der Waals surface area contributed by atoms with E-state index in [4.69, 9.17) is 4.74 Å². The number of anilines is 2. The van der Waals surface area contributed by atoms with Gasteiger partial charge in [-0.3, -0.25) is 0 Å². The van der Waals surface area contributed by atoms with Gasteiger partial charge in [0.2, 0.25) is 0 Å². The maximum atomic E-state index is 14.5. The van der Waals surface area contributed by atoms with Crippen molar-refractivity contribution in [2.24, 2.45) is 0 Å². The Balaban J connectivity index is 1.40. The second kappa shape index (κ2) is 9.59. The Bertz CT molecular complexity index is 1040. The minimum absolute atomic E-state index is 0.211. The van der Waals surface area contributed by atoms with Crippen LogP contribution in [0.3, 0.4) is 0 Å². The highest BCUT2D eigenvalue weighted by molar-refractivity contribution is 5.66. The average molecular weight is 436 g/mol. The van der Waals surface area contributed by atoms with Crippen LogP contribution < -0.4 is 15.0 Å². The summed E-state index contributed by atoms with van der Waals surface area (Å²) in [6, 6.07) is 21.0. The standard InChI is InChI=1S/C26H30FN3O2/c1-29(2)22-15-16-30(17-22)21-13-11-20(12-14-21)28-26(31)19-9-7-18(8-10-19)23-5-4-6-24(32-3)25(23)27/h4-14,22,26,28,31H,15-17H2,1-3H3. The fraction of sp³-hybridized carbons (Fsp3) is 0.308. The van der Waals surface area contributed by atoms with E-state index in [1.165, 1.54) is 19.2 Å². The summed E-state index contributed by atoms with van der Waals surface area (Å²) in [6.45, 7) is 2.08. The number of hydrogen-bond acceptors (Lipinski definition) is 5. The molecule has 1 heterocycles. The molecule has 1 aliphatic heterocycles. The minimum Gasteiger partial charge on any atom is -0.494 e. The number of methoxy groups -OCH3 is 1. The predicted molar refractivity (Wildman–Crippen MR) is 128 cm³/mol. The predicted octanol–water partition coefficient (Wildman–Crippen LogP) is 4.74. The molecule has 0 spiro atoms. The molecule has 1 aliphatic rings. The van der Waals surface area contributed by atoms with E-state index < -0.39 is 12.0 Å². The molecular formula is C26H30FN3O2. The summed E-state index contributed by atoms with van der Waals surface area (Å²) in [5.41, 5.74) is 3.93. The molecule has 2 atom stereocenters. The summed E-state index contributed by atoms with van der Waals surface area (Å²) in [7, 11) is 5.70. The number of aliphatic hydroxyl groups excluding tert-OH is 1. The summed E-state index contributed by atoms with van der Waals surface area (Å²) in [6.07, 6.45) is 0.302. The van der Waals surface area contributed by atoms with E-state index in [1.807, 2.05) is 12.1 Å². The number of benzene rings is 3. The number of halogens is 1. The second-order valence-electron chi connectivity index (χ2n) is 8.39. The van der Waals surface area contributed by atoms with Gasteiger partial charge in [-0.2, -0.15) is 0 Å². The minimum atomic E-state index is -0.866. The fourth-order valence-corrected chi connectivity index (χ4v) is 4.14. The van der Waals surface area contributed by atoms with E-state index in [1.54, 1.807) is 42.5 Å². The molecule has 4 rings (SSSR count). The average Bonchev–Trinajstić information content (AvgIpc) is 3.31. The highest BCUT2D eigenvalue weighted by Crippen LogP contribution is 2.30. The number of ether oxygens (including phenoxy) is 1. The van der Waals surface area contributed by atoms with Crippen LogP contribution in [-0.4, -0.2) is 50.3 Å². The third-order valence-corrected chi connectivity index (χ3v) is 6.15. The van der Waals surface area contributed by atoms with Gasteiger partial charge in [0.25, 0.3) is 0 Å². The van der Waals surface area contributed by atoms with Crippen molar-refractivity contribution in [1.82, 2.24) is 4.90 Å². The molecule has 168 valence electrons. The van der Waals surface area contributed by atoms with Gasteiger partial charge in [0.15, 0.2) is 17.8 Å². The van der Waals surface area contributed by atoms with Gasteiger partial charge in [0, 0.05) is 41.6 Å². The molecule has 1 saturated heterocycles. The maximum absolute atomic E-state index is 14.5. The van der Waals surface area contributed by atoms with Crippen molar-refractivity contribution in [1.29, 1.82) is 0 Å². The highest BCUT2D eigenvalue weighted by Gasteiger charge is 2.24. The van der Waals surface area contributed by atoms with Crippen LogP contribution >= 0.6 is 0 Å². The molecule has 2 N–H and O–H groups in total. The lowest BCUT2D eigenvalue weighted by atomic mass is 10.0. The molecule has 0 bridgehead atoms. The first kappa shape index (κ1) is 22.1. The molecule has 0 amide bonds. The Morgan fingerprint density at radius 3 is 2.41 bits per heavy atom. The van der Waals surface area contributed by atoms with Crippen LogP contribution in [0.2, 0.25) is 0 Å². The smallest absolute Gasteiger partial charge is 0.172 e. The first-order valence-electron chi connectivity index (χ1n) is 10.8. The second-order valence-corrected chi connectivity index (χ2v) is 8.39. The molecule has 5 nitrogen and oxygen atoms in total. The van der Waals surface area contributed by atoms with E-state index in [2.05, 4.69) is 41.3 Å². The number of likely N-dealkylation sites (N-methyl/N-ethyl adjacent to an activating group) is 1. The summed E-state index contributed by atoms with van der Waals surface area (Å²) in [5, 5.41) is 13.8. The normalized spacial score (nSPS) is 16.9. The van der Waals surface area contributed by atoms with Crippen molar-refractivity contribution in [3.63, 3.8) is 0 Å². The molecule has 0 aromatic heterocycles. The Kier molecular flexibility index (Phi) is 6.63. The zero-order valence-electron chi connectivity index (χ0n) is 18.8. The maximum Gasteiger partial charge on any atom is 0.172 e. The topological polar surface area (TPSA) is 48.0 Å². The Morgan fingerprint density at radius 1 is 1.06 bits per heavy atom. The quantitative estimate of drug-likeness (QED) is 0.525. The van der Waals surface area contributed by atoms with E-state index in [0.717, 1.165) is 24.3 Å². The molecule has 32 heavy (non-hydrogen) atoms. The van der Waals surface area contributed by atoms with Crippen molar-refractivity contribution < 1.29 is 14.2 Å². The number of nitrogens with one attached hydrogen (secondary N) is 1. The molecule has 0 radical (unpaired) electrons. The number of nitrogens with zero attached hydrogens (tertiary/aromatic N) is 2. The molecule has 6 heteroatoms. The van der Waals surface area contributed by atoms with Crippen LogP contribution in [-0.2, 0) is 0 Å². The van der Waals surface area contributed by atoms with Gasteiger partial charge in [0.1, 0.15) is 0 Å². The number of rotatable bonds is 7. The van der Waals surface area contributed by atoms with Crippen molar-refractivity contribution in [2.75, 3.05) is 44.5 Å². The lowest BCUT2D eigenvalue weighted by Crippen LogP contribution is -2.31. The van der Waals surface area contributed by atoms with Crippen LogP contribution in [0.25, 0.3) is 11.1 Å². The number of hydrogen-bond donors (Lipinski definition) is 2. The van der Waals surface area contributed by atoms with Crippen LogP contribution in [0.5, 0.6) is 5.75 Å². The number of aliphatic hydroxyl groups is 1. The van der Waals surface area contributed by atoms with Crippen LogP contribution in [0.15, 0.2) is 66.7 Å². The summed E-state index contributed by atoms with van der Waals surface area (Å²) in [4.78, 5) is 4.67. The fourth-order valence-electron chi connectivity index (χ4n) is 4.14. The van der Waals surface area contributed by atoms with E-state index in [0.29, 0.717) is 17.2 Å². The van der Waals surface area contributed by atoms with Gasteiger partial charge in [-0.1, -0.05) is 36.4 Å². The highest BCUT2D eigenvalue weighted by atomic mass is 19.1. The lowest BCUT2D eigenvalue weighted by Gasteiger charge is -2.22. The monoisotopic (exact) mass is 435 g/mol. The van der Waals surface area contributed by atoms with E-state index >= 15 is 0 Å². The van der Waals surface area contributed by atoms with Gasteiger partial charge in [0.05, 0.1) is 7.11 Å². The Hall–Kier alpha value is -3.09. The molecule has 2 unspecified atom stereocenters. The van der Waals surface area contributed by atoms with Crippen LogP contribution in [0, 0.1) is 5.82 Å². The van der Waals surface area contributed by atoms with Gasteiger partial charge in [-0.25, -0.2) is 4.39 Å². The molecule has 0 saturated carbocycles. The molecular weight excluding hydrogens is 405 g/mol. The third kappa shape index (κ3) is 4.71. The zero-order chi connectivity index (χ0) is 22.7. The van der Waals surface area contributed by atoms with Crippen LogP contribution in [0.1, 0.15) is 18.2 Å². The first-order valence-corrected chi connectivity index (χ1v) is 10.8. The van der Waals surface area contributed by atoms with Crippen molar-refractivity contribution >= 4 is 11.4 Å². The first-order chi connectivity index (χ1) is 15.5. The molecule has 3 aromatic rings. The Morgan fingerprint density at radius 2 is 1.78 bits per heavy atom. The van der Waals surface area contributed by atoms with Crippen LogP contribution in [0.4, 0.5) is 15.8 Å². The summed E-state index contributed by atoms with van der Waals surface area (Å²) < 4.78 is 19.6. The van der Waals surface area contributed by atoms with E-state index in [-0.39, 0.29) is 5.75 Å². The molecule has 0 aliphatic carbocycles. The summed E-state index contributed by atoms with van der Waals surface area (Å²) >= 11 is 0. The van der Waals surface area contributed by atoms with Gasteiger partial charge in [-0.05, 0) is 56.4 Å². The molecule has 3 aromatic carbocycles. The SMILES string of the molecule is COc1cccc(-c2ccc(C(O)Nc3ccc(N4CCC(N(C)C)C4)cc3)cc2)c1F. The van der Waals surface area contributed by atoms with Crippen molar-refractivity contribution in [2.45, 2.75) is 18.7 Å². The van der Waals surface area contributed by atoms with Gasteiger partial charge >= 0.3 is 0 Å². The largest absolute Gasteiger partial charge is 0.494 e. The molecule has 1 fully saturated rings. The van der Waals surface area contributed by atoms with E-state index in [9.17, 15) is 9.50 Å². The van der Waals surface area contributed by atoms with Gasteiger partial charge < -0.3 is 25.0 Å². The Labute approximate surface area is 189 Å².